The van der Waals surface area contributed by atoms with Gasteiger partial charge in [-0.1, -0.05) is 146 Å². The molecule has 57 heavy (non-hydrogen) atoms. The molecule has 8 aromatic carbocycles. The van der Waals surface area contributed by atoms with Crippen LogP contribution in [0.5, 0.6) is 0 Å². The predicted molar refractivity (Wildman–Crippen MR) is 236 cm³/mol. The maximum absolute atomic E-state index is 6.91. The van der Waals surface area contributed by atoms with Crippen molar-refractivity contribution in [2.75, 3.05) is 0 Å². The Hall–Kier alpha value is -7.41. The smallest absolute Gasteiger partial charge is 0.166 e. The van der Waals surface area contributed by atoms with E-state index in [9.17, 15) is 0 Å². The summed E-state index contributed by atoms with van der Waals surface area (Å²) < 4.78 is 11.9. The lowest BCUT2D eigenvalue weighted by atomic mass is 9.98. The van der Waals surface area contributed by atoms with Crippen molar-refractivity contribution in [1.29, 1.82) is 0 Å². The zero-order chi connectivity index (χ0) is 37.5. The molecule has 0 aliphatic heterocycles. The van der Waals surface area contributed by atoms with E-state index in [0.29, 0.717) is 17.5 Å². The van der Waals surface area contributed by atoms with Gasteiger partial charge in [0, 0.05) is 64.0 Å². The van der Waals surface area contributed by atoms with Crippen molar-refractivity contribution in [3.8, 4) is 51.0 Å². The monoisotopic (exact) mass is 746 g/mol. The Morgan fingerprint density at radius 1 is 0.404 bits per heavy atom. The third kappa shape index (κ3) is 4.91. The van der Waals surface area contributed by atoms with Crippen molar-refractivity contribution in [1.82, 2.24) is 19.5 Å². The lowest BCUT2D eigenvalue weighted by Gasteiger charge is -2.15. The Labute approximate surface area is 330 Å². The maximum Gasteiger partial charge on any atom is 0.166 e. The van der Waals surface area contributed by atoms with Crippen molar-refractivity contribution in [2.24, 2.45) is 0 Å². The van der Waals surface area contributed by atoms with E-state index in [4.69, 9.17) is 19.4 Å². The number of nitrogens with zero attached hydrogens (tertiary/aromatic N) is 4. The fourth-order valence-corrected chi connectivity index (χ4v) is 9.78. The summed E-state index contributed by atoms with van der Waals surface area (Å²) in [6.07, 6.45) is 0. The fourth-order valence-electron chi connectivity index (χ4n) is 8.55. The van der Waals surface area contributed by atoms with Crippen LogP contribution in [0.3, 0.4) is 0 Å². The number of fused-ring (bicyclic) bond motifs is 9. The third-order valence-corrected chi connectivity index (χ3v) is 12.3. The molecule has 5 nitrogen and oxygen atoms in total. The maximum atomic E-state index is 6.91. The van der Waals surface area contributed by atoms with E-state index >= 15 is 0 Å². The Bertz CT molecular complexity index is 3470. The lowest BCUT2D eigenvalue weighted by Crippen LogP contribution is -2.04. The fraction of sp³-hybridized carbons (Fsp3) is 0. The van der Waals surface area contributed by atoms with E-state index < -0.39 is 0 Å². The van der Waals surface area contributed by atoms with Crippen molar-refractivity contribution in [2.45, 2.75) is 0 Å². The molecule has 0 bridgehead atoms. The molecule has 0 radical (unpaired) electrons. The van der Waals surface area contributed by atoms with Crippen LogP contribution in [-0.2, 0) is 0 Å². The molecular weight excluding hydrogens is 717 g/mol. The number of rotatable bonds is 5. The van der Waals surface area contributed by atoms with E-state index in [1.807, 2.05) is 84.1 Å². The first kappa shape index (κ1) is 31.9. The number of furan rings is 1. The molecule has 0 aliphatic rings. The highest BCUT2D eigenvalue weighted by atomic mass is 32.1. The summed E-state index contributed by atoms with van der Waals surface area (Å²) in [4.78, 5) is 15.5. The van der Waals surface area contributed by atoms with E-state index in [1.54, 1.807) is 0 Å². The zero-order valence-corrected chi connectivity index (χ0v) is 31.2. The van der Waals surface area contributed by atoms with Crippen molar-refractivity contribution in [3.63, 3.8) is 0 Å². The topological polar surface area (TPSA) is 56.7 Å². The molecule has 6 heteroatoms. The Morgan fingerprint density at radius 3 is 1.79 bits per heavy atom. The van der Waals surface area contributed by atoms with Gasteiger partial charge in [-0.05, 0) is 42.0 Å². The van der Waals surface area contributed by atoms with Crippen LogP contribution >= 0.6 is 11.3 Å². The summed E-state index contributed by atoms with van der Waals surface area (Å²) in [7, 11) is 0. The standard InChI is InChI=1S/C51H30N4OS/c1-3-15-31(16-4-1)49-52-50(32-17-5-2-6-18-32)54-51(53-49)40-30-29-36-33-19-8-11-27-43(33)56-47(36)46(40)55-41-25-10-7-21-39(41)45-35(22-14-26-42(45)55)38-24-13-23-37-34-20-9-12-28-44(34)57-48(37)38/h1-30H. The zero-order valence-electron chi connectivity index (χ0n) is 30.4. The van der Waals surface area contributed by atoms with Gasteiger partial charge in [-0.25, -0.2) is 15.0 Å². The normalized spacial score (nSPS) is 11.9. The molecule has 12 aromatic rings. The molecule has 0 aliphatic carbocycles. The van der Waals surface area contributed by atoms with Crippen LogP contribution in [0.15, 0.2) is 186 Å². The van der Waals surface area contributed by atoms with Crippen LogP contribution in [-0.4, -0.2) is 19.5 Å². The van der Waals surface area contributed by atoms with Crippen molar-refractivity contribution in [3.05, 3.63) is 182 Å². The molecule has 0 amide bonds. The summed E-state index contributed by atoms with van der Waals surface area (Å²) in [5.74, 6) is 1.78. The molecule has 12 rings (SSSR count). The average Bonchev–Trinajstić information content (AvgIpc) is 3.96. The highest BCUT2D eigenvalue weighted by Gasteiger charge is 2.25. The van der Waals surface area contributed by atoms with Crippen LogP contribution in [0.25, 0.3) is 115 Å². The summed E-state index contributed by atoms with van der Waals surface area (Å²) >= 11 is 1.86. The molecule has 0 unspecified atom stereocenters. The minimum absolute atomic E-state index is 0.567. The van der Waals surface area contributed by atoms with Gasteiger partial charge in [0.05, 0.1) is 11.0 Å². The van der Waals surface area contributed by atoms with Gasteiger partial charge in [-0.15, -0.1) is 11.3 Å². The van der Waals surface area contributed by atoms with Crippen LogP contribution in [0.2, 0.25) is 0 Å². The minimum atomic E-state index is 0.567. The summed E-state index contributed by atoms with van der Waals surface area (Å²) in [6, 6.07) is 63.6. The second-order valence-electron chi connectivity index (χ2n) is 14.3. The van der Waals surface area contributed by atoms with Crippen LogP contribution in [0.4, 0.5) is 0 Å². The predicted octanol–water partition coefficient (Wildman–Crippen LogP) is 13.9. The summed E-state index contributed by atoms with van der Waals surface area (Å²) in [5.41, 5.74) is 9.72. The van der Waals surface area contributed by atoms with Gasteiger partial charge in [0.2, 0.25) is 0 Å². The molecule has 0 atom stereocenters. The van der Waals surface area contributed by atoms with Gasteiger partial charge in [-0.3, -0.25) is 0 Å². The number of hydrogen-bond acceptors (Lipinski definition) is 5. The molecule has 4 heterocycles. The summed E-state index contributed by atoms with van der Waals surface area (Å²) in [6.45, 7) is 0. The van der Waals surface area contributed by atoms with E-state index in [-0.39, 0.29) is 0 Å². The lowest BCUT2D eigenvalue weighted by molar-refractivity contribution is 0.666. The minimum Gasteiger partial charge on any atom is -0.454 e. The number of benzene rings is 8. The number of aromatic nitrogens is 4. The van der Waals surface area contributed by atoms with Gasteiger partial charge < -0.3 is 8.98 Å². The quantitative estimate of drug-likeness (QED) is 0.176. The van der Waals surface area contributed by atoms with E-state index in [0.717, 1.165) is 60.7 Å². The second-order valence-corrected chi connectivity index (χ2v) is 15.4. The first-order chi connectivity index (χ1) is 28.3. The average molecular weight is 747 g/mol. The van der Waals surface area contributed by atoms with Crippen LogP contribution in [0, 0.1) is 0 Å². The molecule has 0 N–H and O–H groups in total. The highest BCUT2D eigenvalue weighted by molar-refractivity contribution is 7.26. The molecule has 4 aromatic heterocycles. The van der Waals surface area contributed by atoms with Crippen LogP contribution in [0.1, 0.15) is 0 Å². The highest BCUT2D eigenvalue weighted by Crippen LogP contribution is 2.47. The second kappa shape index (κ2) is 12.6. The molecule has 0 fully saturated rings. The van der Waals surface area contributed by atoms with E-state index in [1.165, 1.54) is 36.7 Å². The summed E-state index contributed by atoms with van der Waals surface area (Å²) in [5, 5.41) is 7.00. The van der Waals surface area contributed by atoms with Gasteiger partial charge >= 0.3 is 0 Å². The third-order valence-electron chi connectivity index (χ3n) is 11.1. The molecule has 0 saturated carbocycles. The Morgan fingerprint density at radius 2 is 1.00 bits per heavy atom. The number of para-hydroxylation sites is 2. The molecule has 0 saturated heterocycles. The molecule has 0 spiro atoms. The number of thiophene rings is 1. The first-order valence-corrected chi connectivity index (χ1v) is 19.8. The van der Waals surface area contributed by atoms with Crippen molar-refractivity contribution < 1.29 is 4.42 Å². The van der Waals surface area contributed by atoms with Gasteiger partial charge in [0.15, 0.2) is 23.1 Å². The SMILES string of the molecule is c1ccc(-c2nc(-c3ccccc3)nc(-c3ccc4c(oc5ccccc54)c3-n3c4ccccc4c4c(-c5cccc6c5sc5ccccc56)cccc43)n2)cc1. The largest absolute Gasteiger partial charge is 0.454 e. The number of hydrogen-bond donors (Lipinski definition) is 0. The Kier molecular flexibility index (Phi) is 7.03. The van der Waals surface area contributed by atoms with Gasteiger partial charge in [0.1, 0.15) is 11.3 Å². The van der Waals surface area contributed by atoms with E-state index in [2.05, 4.69) is 114 Å². The molecule has 266 valence electrons. The molecular formula is C51H30N4OS. The van der Waals surface area contributed by atoms with Gasteiger partial charge in [-0.2, -0.15) is 0 Å². The Balaban J connectivity index is 1.21. The van der Waals surface area contributed by atoms with Crippen LogP contribution < -0.4 is 0 Å². The first-order valence-electron chi connectivity index (χ1n) is 19.0. The van der Waals surface area contributed by atoms with Gasteiger partial charge in [0.25, 0.3) is 0 Å². The van der Waals surface area contributed by atoms with Crippen molar-refractivity contribution >= 4 is 75.3 Å².